The van der Waals surface area contributed by atoms with Crippen LogP contribution < -0.4 is 10.5 Å². The van der Waals surface area contributed by atoms with Gasteiger partial charge < -0.3 is 5.32 Å². The quantitative estimate of drug-likeness (QED) is 0.430. The Morgan fingerprint density at radius 1 is 0.938 bits per heavy atom. The third kappa shape index (κ3) is 4.43. The summed E-state index contributed by atoms with van der Waals surface area (Å²) in [6.07, 6.45) is 0. The zero-order chi connectivity index (χ0) is 22.9. The highest BCUT2D eigenvalue weighted by atomic mass is 32.2. The van der Waals surface area contributed by atoms with Gasteiger partial charge in [0.2, 0.25) is 10.0 Å². The lowest BCUT2D eigenvalue weighted by molar-refractivity contribution is 0.102. The maximum atomic E-state index is 12.8. The van der Waals surface area contributed by atoms with Gasteiger partial charge in [-0.3, -0.25) is 9.89 Å². The fourth-order valence-electron chi connectivity index (χ4n) is 3.40. The summed E-state index contributed by atoms with van der Waals surface area (Å²) in [5, 5.41) is 15.2. The first-order chi connectivity index (χ1) is 15.2. The summed E-state index contributed by atoms with van der Waals surface area (Å²) in [5.74, 6) is 0.776. The zero-order valence-corrected chi connectivity index (χ0v) is 18.3. The Kier molecular flexibility index (Phi) is 5.60. The number of rotatable bonds is 5. The van der Waals surface area contributed by atoms with E-state index in [1.165, 1.54) is 6.07 Å². The highest BCUT2D eigenvalue weighted by molar-refractivity contribution is 7.89. The van der Waals surface area contributed by atoms with E-state index in [9.17, 15) is 13.2 Å². The number of carbonyl (C=O) groups excluding carboxylic acids is 1. The van der Waals surface area contributed by atoms with Crippen molar-refractivity contribution in [3.63, 3.8) is 0 Å². The smallest absolute Gasteiger partial charge is 0.255 e. The van der Waals surface area contributed by atoms with Crippen LogP contribution in [-0.2, 0) is 10.0 Å². The molecule has 0 spiro atoms. The normalized spacial score (nSPS) is 11.3. The summed E-state index contributed by atoms with van der Waals surface area (Å²) < 4.78 is 23.6. The molecule has 0 radical (unpaired) electrons. The Hall–Kier alpha value is -3.82. The van der Waals surface area contributed by atoms with E-state index in [2.05, 4.69) is 20.5 Å². The van der Waals surface area contributed by atoms with Gasteiger partial charge >= 0.3 is 0 Å². The summed E-state index contributed by atoms with van der Waals surface area (Å²) in [6, 6.07) is 19.7. The minimum atomic E-state index is -3.93. The molecule has 4 N–H and O–H groups in total. The third-order valence-electron chi connectivity index (χ3n) is 5.01. The van der Waals surface area contributed by atoms with Gasteiger partial charge in [-0.1, -0.05) is 36.4 Å². The molecule has 0 aliphatic heterocycles. The van der Waals surface area contributed by atoms with Crippen LogP contribution in [0.15, 0.2) is 71.6 Å². The van der Waals surface area contributed by atoms with Crippen LogP contribution in [-0.4, -0.2) is 29.5 Å². The fourth-order valence-corrected chi connectivity index (χ4v) is 4.19. The van der Waals surface area contributed by atoms with Gasteiger partial charge in [-0.25, -0.2) is 18.5 Å². The summed E-state index contributed by atoms with van der Waals surface area (Å²) >= 11 is 0. The molecule has 0 aliphatic rings. The monoisotopic (exact) mass is 447 g/mol. The van der Waals surface area contributed by atoms with E-state index in [1.807, 2.05) is 42.5 Å². The van der Waals surface area contributed by atoms with E-state index >= 15 is 0 Å². The number of hydrogen-bond donors (Lipinski definition) is 3. The molecule has 0 fully saturated rings. The highest BCUT2D eigenvalue weighted by Crippen LogP contribution is 2.23. The molecule has 1 aromatic heterocycles. The number of sulfonamides is 1. The first kappa shape index (κ1) is 21.4. The van der Waals surface area contributed by atoms with Gasteiger partial charge in [0.1, 0.15) is 0 Å². The molecule has 32 heavy (non-hydrogen) atoms. The lowest BCUT2D eigenvalue weighted by atomic mass is 10.0. The average Bonchev–Trinajstić information content (AvgIpc) is 3.24. The van der Waals surface area contributed by atoms with Gasteiger partial charge in [-0.15, -0.1) is 0 Å². The Balaban J connectivity index is 1.54. The molecule has 0 unspecified atom stereocenters. The van der Waals surface area contributed by atoms with E-state index in [0.29, 0.717) is 28.5 Å². The van der Waals surface area contributed by atoms with Gasteiger partial charge in [0.25, 0.3) is 5.91 Å². The molecular formula is C23H21N5O3S. The van der Waals surface area contributed by atoms with Crippen molar-refractivity contribution in [1.29, 1.82) is 0 Å². The van der Waals surface area contributed by atoms with Crippen LogP contribution in [0, 0.1) is 13.8 Å². The minimum absolute atomic E-state index is 0.0665. The minimum Gasteiger partial charge on any atom is -0.322 e. The maximum absolute atomic E-state index is 12.8. The zero-order valence-electron chi connectivity index (χ0n) is 17.5. The second-order valence-corrected chi connectivity index (χ2v) is 8.91. The van der Waals surface area contributed by atoms with Crippen LogP contribution in [0.5, 0.6) is 0 Å². The van der Waals surface area contributed by atoms with Crippen LogP contribution in [0.3, 0.4) is 0 Å². The van der Waals surface area contributed by atoms with Crippen molar-refractivity contribution >= 4 is 21.6 Å². The van der Waals surface area contributed by atoms with Gasteiger partial charge in [0.05, 0.1) is 4.90 Å². The molecule has 0 aliphatic carbocycles. The summed E-state index contributed by atoms with van der Waals surface area (Å²) in [6.45, 7) is 3.38. The maximum Gasteiger partial charge on any atom is 0.255 e. The third-order valence-corrected chi connectivity index (χ3v) is 6.06. The second kappa shape index (κ2) is 8.37. The Morgan fingerprint density at radius 3 is 2.28 bits per heavy atom. The molecule has 0 atom stereocenters. The highest BCUT2D eigenvalue weighted by Gasteiger charge is 2.18. The number of hydrogen-bond acceptors (Lipinski definition) is 5. The largest absolute Gasteiger partial charge is 0.322 e. The molecule has 1 heterocycles. The van der Waals surface area contributed by atoms with Crippen molar-refractivity contribution in [3.05, 3.63) is 83.4 Å². The topological polar surface area (TPSA) is 131 Å². The number of carbonyl (C=O) groups is 1. The SMILES string of the molecule is Cc1cc(C)c(S(N)(=O)=O)cc1C(=O)Nc1ccc(-c2nc(-c3ccccc3)n[nH]2)cc1. The Labute approximate surface area is 185 Å². The van der Waals surface area contributed by atoms with Crippen molar-refractivity contribution in [2.24, 2.45) is 5.14 Å². The predicted molar refractivity (Wildman–Crippen MR) is 122 cm³/mol. The van der Waals surface area contributed by atoms with Crippen LogP contribution in [0.4, 0.5) is 5.69 Å². The standard InChI is InChI=1S/C23H21N5O3S/c1-14-12-15(2)20(32(24,30)31)13-19(14)23(29)25-18-10-8-17(9-11-18)22-26-21(27-28-22)16-6-4-3-5-7-16/h3-13H,1-2H3,(H,25,29)(H2,24,30,31)(H,26,27,28). The molecule has 162 valence electrons. The predicted octanol–water partition coefficient (Wildman–Crippen LogP) is 3.66. The Bertz CT molecular complexity index is 1400. The number of aromatic nitrogens is 3. The average molecular weight is 448 g/mol. The van der Waals surface area contributed by atoms with Gasteiger partial charge in [0, 0.05) is 22.4 Å². The van der Waals surface area contributed by atoms with Gasteiger partial charge in [0.15, 0.2) is 11.6 Å². The van der Waals surface area contributed by atoms with E-state index in [0.717, 1.165) is 11.1 Å². The number of amides is 1. The number of primary sulfonamides is 1. The number of H-pyrrole nitrogens is 1. The molecule has 0 bridgehead atoms. The summed E-state index contributed by atoms with van der Waals surface area (Å²) in [7, 11) is -3.93. The van der Waals surface area contributed by atoms with E-state index in [-0.39, 0.29) is 10.5 Å². The molecule has 8 nitrogen and oxygen atoms in total. The van der Waals surface area contributed by atoms with Crippen molar-refractivity contribution in [3.8, 4) is 22.8 Å². The van der Waals surface area contributed by atoms with Crippen LogP contribution in [0.2, 0.25) is 0 Å². The number of aryl methyl sites for hydroxylation is 2. The van der Waals surface area contributed by atoms with Crippen LogP contribution in [0.1, 0.15) is 21.5 Å². The second-order valence-electron chi connectivity index (χ2n) is 7.38. The molecule has 0 saturated heterocycles. The lowest BCUT2D eigenvalue weighted by Crippen LogP contribution is -2.18. The number of aromatic amines is 1. The first-order valence-electron chi connectivity index (χ1n) is 9.76. The molecule has 1 amide bonds. The number of nitrogens with one attached hydrogen (secondary N) is 2. The van der Waals surface area contributed by atoms with Crippen molar-refractivity contribution in [2.45, 2.75) is 18.7 Å². The molecule has 9 heteroatoms. The number of nitrogens with zero attached hydrogens (tertiary/aromatic N) is 2. The summed E-state index contributed by atoms with van der Waals surface area (Å²) in [5.41, 5.74) is 3.66. The lowest BCUT2D eigenvalue weighted by Gasteiger charge is -2.12. The van der Waals surface area contributed by atoms with E-state index < -0.39 is 15.9 Å². The van der Waals surface area contributed by atoms with Gasteiger partial charge in [-0.05, 0) is 55.3 Å². The van der Waals surface area contributed by atoms with Crippen LogP contribution in [0.25, 0.3) is 22.8 Å². The van der Waals surface area contributed by atoms with E-state index in [1.54, 1.807) is 32.0 Å². The number of anilines is 1. The van der Waals surface area contributed by atoms with Crippen molar-refractivity contribution in [2.75, 3.05) is 5.32 Å². The first-order valence-corrected chi connectivity index (χ1v) is 11.3. The number of nitrogens with two attached hydrogens (primary N) is 1. The number of benzene rings is 3. The van der Waals surface area contributed by atoms with Crippen molar-refractivity contribution < 1.29 is 13.2 Å². The van der Waals surface area contributed by atoms with Crippen LogP contribution >= 0.6 is 0 Å². The van der Waals surface area contributed by atoms with Crippen molar-refractivity contribution in [1.82, 2.24) is 15.2 Å². The molecule has 3 aromatic carbocycles. The van der Waals surface area contributed by atoms with E-state index in [4.69, 9.17) is 5.14 Å². The fraction of sp³-hybridized carbons (Fsp3) is 0.0870. The van der Waals surface area contributed by atoms with Gasteiger partial charge in [-0.2, -0.15) is 5.10 Å². The molecule has 0 saturated carbocycles. The molecule has 4 rings (SSSR count). The Morgan fingerprint density at radius 2 is 1.62 bits per heavy atom. The molecule has 4 aromatic rings. The molecular weight excluding hydrogens is 426 g/mol. The summed E-state index contributed by atoms with van der Waals surface area (Å²) in [4.78, 5) is 17.2.